The predicted molar refractivity (Wildman–Crippen MR) is 106 cm³/mol. The molecule has 0 aliphatic heterocycles. The Bertz CT molecular complexity index is 931. The number of aromatic nitrogens is 3. The van der Waals surface area contributed by atoms with Gasteiger partial charge < -0.3 is 14.2 Å². The summed E-state index contributed by atoms with van der Waals surface area (Å²) in [7, 11) is 4.04. The number of carbonyl (C=O) groups excluding carboxylic acids is 1. The minimum absolute atomic E-state index is 0.0390. The van der Waals surface area contributed by atoms with Crippen molar-refractivity contribution in [1.82, 2.24) is 19.4 Å². The van der Waals surface area contributed by atoms with E-state index in [0.717, 1.165) is 23.4 Å². The molecule has 142 valence electrons. The number of rotatable bonds is 8. The zero-order valence-electron chi connectivity index (χ0n) is 16.3. The monoisotopic (exact) mass is 366 g/mol. The van der Waals surface area contributed by atoms with Crippen LogP contribution >= 0.6 is 0 Å². The van der Waals surface area contributed by atoms with Crippen LogP contribution in [0.1, 0.15) is 29.9 Å². The first-order valence-corrected chi connectivity index (χ1v) is 9.17. The van der Waals surface area contributed by atoms with E-state index in [9.17, 15) is 4.79 Å². The smallest absolute Gasteiger partial charge is 0.183 e. The molecule has 2 aromatic heterocycles. The van der Waals surface area contributed by atoms with E-state index < -0.39 is 0 Å². The van der Waals surface area contributed by atoms with Crippen LogP contribution in [0.5, 0.6) is 5.75 Å². The highest BCUT2D eigenvalue weighted by Gasteiger charge is 2.15. The van der Waals surface area contributed by atoms with Gasteiger partial charge in [0.1, 0.15) is 23.6 Å². The molecular weight excluding hydrogens is 340 g/mol. The second-order valence-electron chi connectivity index (χ2n) is 7.19. The fraction of sp³-hybridized carbons (Fsp3) is 0.381. The predicted octanol–water partition coefficient (Wildman–Crippen LogP) is 3.26. The average Bonchev–Trinajstić information content (AvgIpc) is 3.04. The minimum Gasteiger partial charge on any atom is -0.492 e. The summed E-state index contributed by atoms with van der Waals surface area (Å²) >= 11 is 0. The lowest BCUT2D eigenvalue weighted by molar-refractivity contribution is 0.0934. The summed E-state index contributed by atoms with van der Waals surface area (Å²) in [6.07, 6.45) is 1.76. The fourth-order valence-corrected chi connectivity index (χ4v) is 2.79. The number of fused-ring (bicyclic) bond motifs is 1. The number of ketones is 1. The van der Waals surface area contributed by atoms with E-state index in [1.165, 1.54) is 0 Å². The number of Topliss-reactive ketones (excluding diaryl/α,β-unsaturated/α-hetero) is 1. The highest BCUT2D eigenvalue weighted by molar-refractivity contribution is 5.97. The van der Waals surface area contributed by atoms with Crippen LogP contribution in [0.15, 0.2) is 42.7 Å². The highest BCUT2D eigenvalue weighted by Crippen LogP contribution is 2.21. The molecule has 0 unspecified atom stereocenters. The summed E-state index contributed by atoms with van der Waals surface area (Å²) in [6, 6.07) is 11.6. The normalized spacial score (nSPS) is 11.5. The van der Waals surface area contributed by atoms with E-state index in [0.29, 0.717) is 24.5 Å². The third-order valence-corrected chi connectivity index (χ3v) is 4.35. The molecule has 6 heteroatoms. The molecule has 3 rings (SSSR count). The number of carbonyl (C=O) groups is 1. The second-order valence-corrected chi connectivity index (χ2v) is 7.19. The van der Waals surface area contributed by atoms with Gasteiger partial charge in [-0.25, -0.2) is 9.97 Å². The summed E-state index contributed by atoms with van der Waals surface area (Å²) in [6.45, 7) is 5.82. The van der Waals surface area contributed by atoms with Gasteiger partial charge in [-0.1, -0.05) is 32.0 Å². The van der Waals surface area contributed by atoms with Crippen molar-refractivity contribution in [1.29, 1.82) is 0 Å². The molecule has 2 heterocycles. The molecule has 0 atom stereocenters. The van der Waals surface area contributed by atoms with Gasteiger partial charge in [0, 0.05) is 18.0 Å². The second kappa shape index (κ2) is 8.31. The maximum absolute atomic E-state index is 12.3. The average molecular weight is 366 g/mol. The van der Waals surface area contributed by atoms with E-state index in [1.54, 1.807) is 12.4 Å². The van der Waals surface area contributed by atoms with Gasteiger partial charge in [0.25, 0.3) is 0 Å². The van der Waals surface area contributed by atoms with Crippen LogP contribution in [0.3, 0.4) is 0 Å². The number of para-hydroxylation sites is 1. The van der Waals surface area contributed by atoms with Gasteiger partial charge in [-0.05, 0) is 32.3 Å². The van der Waals surface area contributed by atoms with Gasteiger partial charge in [-0.3, -0.25) is 4.79 Å². The van der Waals surface area contributed by atoms with Crippen LogP contribution in [0.25, 0.3) is 11.2 Å². The topological polar surface area (TPSA) is 60.3 Å². The maximum Gasteiger partial charge on any atom is 0.183 e. The van der Waals surface area contributed by atoms with Crippen molar-refractivity contribution in [3.63, 3.8) is 0 Å². The lowest BCUT2D eigenvalue weighted by atomic mass is 10.1. The zero-order valence-corrected chi connectivity index (χ0v) is 16.3. The van der Waals surface area contributed by atoms with Crippen LogP contribution in [-0.4, -0.2) is 52.5 Å². The van der Waals surface area contributed by atoms with Gasteiger partial charge in [0.2, 0.25) is 0 Å². The number of nitrogens with zero attached hydrogens (tertiary/aromatic N) is 4. The highest BCUT2D eigenvalue weighted by atomic mass is 16.5. The molecular formula is C21H26N4O2. The van der Waals surface area contributed by atoms with Crippen LogP contribution < -0.4 is 4.74 Å². The van der Waals surface area contributed by atoms with Crippen LogP contribution in [-0.2, 0) is 6.54 Å². The van der Waals surface area contributed by atoms with E-state index in [-0.39, 0.29) is 11.7 Å². The van der Waals surface area contributed by atoms with Gasteiger partial charge in [-0.15, -0.1) is 0 Å². The molecule has 0 bridgehead atoms. The largest absolute Gasteiger partial charge is 0.492 e. The molecule has 0 aliphatic rings. The molecule has 0 saturated carbocycles. The van der Waals surface area contributed by atoms with Crippen molar-refractivity contribution in [2.24, 2.45) is 5.92 Å². The molecule has 1 aromatic carbocycles. The number of likely N-dealkylation sites (N-methyl/N-ethyl adjacent to an activating group) is 1. The molecule has 27 heavy (non-hydrogen) atoms. The van der Waals surface area contributed by atoms with Gasteiger partial charge in [0.05, 0.1) is 12.9 Å². The zero-order chi connectivity index (χ0) is 19.4. The van der Waals surface area contributed by atoms with Crippen LogP contribution in [0, 0.1) is 5.92 Å². The Labute approximate surface area is 159 Å². The summed E-state index contributed by atoms with van der Waals surface area (Å²) in [5, 5.41) is 0. The number of pyridine rings is 1. The van der Waals surface area contributed by atoms with E-state index in [1.807, 2.05) is 62.8 Å². The van der Waals surface area contributed by atoms with E-state index in [2.05, 4.69) is 14.9 Å². The third-order valence-electron chi connectivity index (χ3n) is 4.35. The lowest BCUT2D eigenvalue weighted by Gasteiger charge is -2.14. The Kier molecular flexibility index (Phi) is 5.86. The Hall–Kier alpha value is -2.73. The van der Waals surface area contributed by atoms with Gasteiger partial charge in [-0.2, -0.15) is 0 Å². The molecule has 0 radical (unpaired) electrons. The number of benzene rings is 1. The first-order valence-electron chi connectivity index (χ1n) is 9.17. The van der Waals surface area contributed by atoms with Crippen molar-refractivity contribution < 1.29 is 9.53 Å². The number of hydrogen-bond donors (Lipinski definition) is 0. The molecule has 0 aliphatic carbocycles. The quantitative estimate of drug-likeness (QED) is 0.573. The molecule has 0 amide bonds. The van der Waals surface area contributed by atoms with Crippen molar-refractivity contribution in [2.45, 2.75) is 20.4 Å². The first-order chi connectivity index (χ1) is 13.0. The van der Waals surface area contributed by atoms with Crippen molar-refractivity contribution >= 4 is 16.9 Å². The van der Waals surface area contributed by atoms with Gasteiger partial charge >= 0.3 is 0 Å². The molecule has 0 N–H and O–H groups in total. The molecule has 0 saturated heterocycles. The SMILES string of the molecule is CC(C)C(=O)c1ccc2ncn(Cc3ccccc3OCCN(C)C)c2n1. The summed E-state index contributed by atoms with van der Waals surface area (Å²) in [4.78, 5) is 23.4. The Morgan fingerprint density at radius 1 is 1.19 bits per heavy atom. The van der Waals surface area contributed by atoms with Crippen LogP contribution in [0.4, 0.5) is 0 Å². The van der Waals surface area contributed by atoms with Crippen molar-refractivity contribution in [3.8, 4) is 5.75 Å². The lowest BCUT2D eigenvalue weighted by Crippen LogP contribution is -2.19. The standard InChI is InChI=1S/C21H26N4O2/c1-15(2)20(26)17-9-10-18-21(23-17)25(14-22-18)13-16-7-5-6-8-19(16)27-12-11-24(3)4/h5-10,14-15H,11-13H2,1-4H3. The Morgan fingerprint density at radius 2 is 1.96 bits per heavy atom. The number of ether oxygens (including phenoxy) is 1. The molecule has 3 aromatic rings. The Balaban J connectivity index is 1.86. The number of imidazole rings is 1. The molecule has 6 nitrogen and oxygen atoms in total. The molecule has 0 spiro atoms. The van der Waals surface area contributed by atoms with Crippen LogP contribution in [0.2, 0.25) is 0 Å². The fourth-order valence-electron chi connectivity index (χ4n) is 2.79. The van der Waals surface area contributed by atoms with Crippen molar-refractivity contribution in [3.05, 3.63) is 54.0 Å². The molecule has 0 fully saturated rings. The van der Waals surface area contributed by atoms with Gasteiger partial charge in [0.15, 0.2) is 11.4 Å². The number of hydrogen-bond acceptors (Lipinski definition) is 5. The van der Waals surface area contributed by atoms with Crippen molar-refractivity contribution in [2.75, 3.05) is 27.2 Å². The van der Waals surface area contributed by atoms with E-state index in [4.69, 9.17) is 4.74 Å². The summed E-state index contributed by atoms with van der Waals surface area (Å²) in [5.74, 6) is 0.810. The van der Waals surface area contributed by atoms with E-state index >= 15 is 0 Å². The summed E-state index contributed by atoms with van der Waals surface area (Å²) < 4.78 is 7.91. The maximum atomic E-state index is 12.3. The summed E-state index contributed by atoms with van der Waals surface area (Å²) in [5.41, 5.74) is 3.03. The Morgan fingerprint density at radius 3 is 2.70 bits per heavy atom. The first kappa shape index (κ1) is 19.0. The minimum atomic E-state index is -0.0860. The third kappa shape index (κ3) is 4.52.